The molecule has 0 N–H and O–H groups in total. The number of aryl methyl sites for hydroxylation is 2. The van der Waals surface area contributed by atoms with Crippen LogP contribution in [0.3, 0.4) is 0 Å². The van der Waals surface area contributed by atoms with Gasteiger partial charge in [-0.25, -0.2) is 0 Å². The molecule has 0 bridgehead atoms. The molecule has 0 radical (unpaired) electrons. The second-order valence-electron chi connectivity index (χ2n) is 18.0. The SMILES string of the molecule is CCC1=Cc2c(-c3ccc(C(C)(C)C)cc3)cc(C)cc2[CH]1[Zr]([CH3])([CH3])(=[SiH2])[CH]1C(C)=Cc2c(-c3ccc(C(C)(C)C)cc3)cc(C)cc21.Cl.Cl. The van der Waals surface area contributed by atoms with E-state index in [1.54, 1.807) is 22.3 Å². The van der Waals surface area contributed by atoms with Crippen LogP contribution in [0.2, 0.25) is 9.26 Å². The molecule has 2 aliphatic rings. The standard InChI is InChI=1S/C22H25.C21H23.2CH3.2ClH.H2Si.Zr/c1-6-16-13-18-11-15(2)12-20(21(18)14-16)17-7-9-19(10-8-17)22(3,4)5;1-14-10-17-11-15(2)13-20(17)19(12-14)16-6-8-18(9-7-16)21(3,4)5;;;;;;/h7-14H,6H2,1-5H3;6-13H,1-5H3;2*1H3;2*1H;1H2;. The number of hydrogen-bond donors (Lipinski definition) is 0. The fourth-order valence-electron chi connectivity index (χ4n) is 9.10. The van der Waals surface area contributed by atoms with E-state index in [2.05, 4.69) is 170 Å². The van der Waals surface area contributed by atoms with Gasteiger partial charge in [0, 0.05) is 0 Å². The van der Waals surface area contributed by atoms with Crippen LogP contribution in [-0.2, 0) is 28.2 Å². The number of rotatable bonds is 5. The third-order valence-electron chi connectivity index (χ3n) is 11.3. The molecule has 0 heterocycles. The predicted octanol–water partition coefficient (Wildman–Crippen LogP) is 13.4. The Morgan fingerprint density at radius 1 is 0.592 bits per heavy atom. The molecule has 0 spiro atoms. The van der Waals surface area contributed by atoms with Crippen molar-refractivity contribution in [3.63, 3.8) is 0 Å². The molecule has 0 aromatic heterocycles. The van der Waals surface area contributed by atoms with Crippen molar-refractivity contribution in [2.24, 2.45) is 0 Å². The van der Waals surface area contributed by atoms with Crippen molar-refractivity contribution in [2.75, 3.05) is 0 Å². The number of benzene rings is 4. The van der Waals surface area contributed by atoms with E-state index in [0.29, 0.717) is 7.25 Å². The Hall–Kier alpha value is -1.96. The maximum atomic E-state index is 2.78. The molecule has 0 nitrogen and oxygen atoms in total. The maximum absolute atomic E-state index is 3.68. The zero-order valence-electron chi connectivity index (χ0n) is 32.0. The van der Waals surface area contributed by atoms with E-state index in [1.165, 1.54) is 55.6 Å². The monoisotopic (exact) mass is 786 g/mol. The Morgan fingerprint density at radius 3 is 1.37 bits per heavy atom. The molecule has 0 fully saturated rings. The van der Waals surface area contributed by atoms with Gasteiger partial charge in [-0.1, -0.05) is 0 Å². The summed E-state index contributed by atoms with van der Waals surface area (Å²) in [6.07, 6.45) is 6.27. The molecule has 2 atom stereocenters. The first-order chi connectivity index (χ1) is 21.8. The summed E-state index contributed by atoms with van der Waals surface area (Å²) in [6, 6.07) is 28.7. The van der Waals surface area contributed by atoms with Crippen LogP contribution in [0.4, 0.5) is 0 Å². The van der Waals surface area contributed by atoms with Crippen molar-refractivity contribution in [3.05, 3.63) is 128 Å². The molecule has 2 aliphatic carbocycles. The minimum absolute atomic E-state index is 0. The fraction of sp³-hybridized carbons (Fsp3) is 0.378. The van der Waals surface area contributed by atoms with Crippen molar-refractivity contribution in [1.29, 1.82) is 0 Å². The van der Waals surface area contributed by atoms with Gasteiger partial charge in [-0.3, -0.25) is 0 Å². The average Bonchev–Trinajstić information content (AvgIpc) is 3.53. The van der Waals surface area contributed by atoms with Crippen LogP contribution in [0.25, 0.3) is 34.4 Å². The van der Waals surface area contributed by atoms with Gasteiger partial charge in [-0.2, -0.15) is 0 Å². The van der Waals surface area contributed by atoms with Gasteiger partial charge < -0.3 is 0 Å². The summed E-state index contributed by atoms with van der Waals surface area (Å²) in [7, 11) is 0. The van der Waals surface area contributed by atoms with Gasteiger partial charge >= 0.3 is 290 Å². The maximum Gasteiger partial charge on any atom is -0.147 e. The third kappa shape index (κ3) is 7.11. The van der Waals surface area contributed by atoms with Crippen LogP contribution in [-0.4, -0.2) is 6.88 Å². The number of hydrogen-bond acceptors (Lipinski definition) is 0. The topological polar surface area (TPSA) is 0 Å². The third-order valence-corrected chi connectivity index (χ3v) is 29.0. The number of allylic oxidation sites excluding steroid dienone is 2. The van der Waals surface area contributed by atoms with Crippen LogP contribution in [0.1, 0.15) is 114 Å². The molecule has 260 valence electrons. The van der Waals surface area contributed by atoms with E-state index in [4.69, 9.17) is 0 Å². The molecule has 6 rings (SSSR count). The van der Waals surface area contributed by atoms with Gasteiger partial charge in [0.1, 0.15) is 0 Å². The summed E-state index contributed by atoms with van der Waals surface area (Å²) in [5.41, 5.74) is 20.6. The van der Waals surface area contributed by atoms with Gasteiger partial charge in [-0.15, -0.1) is 24.8 Å². The zero-order valence-corrected chi connectivity index (χ0v) is 37.5. The molecular weight excluding hydrogens is 731 g/mol. The number of halogens is 2. The summed E-state index contributed by atoms with van der Waals surface area (Å²) in [5, 5.41) is 0. The van der Waals surface area contributed by atoms with Crippen molar-refractivity contribution in [2.45, 2.75) is 103 Å². The molecule has 4 aromatic carbocycles. The minimum Gasteiger partial charge on any atom is -0.147 e. The number of fused-ring (bicyclic) bond motifs is 2. The van der Waals surface area contributed by atoms with Gasteiger partial charge in [0.15, 0.2) is 0 Å². The van der Waals surface area contributed by atoms with E-state index in [-0.39, 0.29) is 35.6 Å². The second kappa shape index (κ2) is 13.5. The van der Waals surface area contributed by atoms with Crippen LogP contribution in [0.5, 0.6) is 0 Å². The minimum atomic E-state index is -3.68. The largest absolute Gasteiger partial charge is 0.147 e. The normalized spacial score (nSPS) is 17.4. The van der Waals surface area contributed by atoms with Crippen LogP contribution < -0.4 is 0 Å². The molecule has 49 heavy (non-hydrogen) atoms. The van der Waals surface area contributed by atoms with Crippen LogP contribution in [0.15, 0.2) is 83.9 Å². The first-order valence-corrected chi connectivity index (χ1v) is 31.4. The zero-order chi connectivity index (χ0) is 34.3. The van der Waals surface area contributed by atoms with Gasteiger partial charge in [0.2, 0.25) is 0 Å². The van der Waals surface area contributed by atoms with E-state index in [0.717, 1.165) is 6.42 Å². The van der Waals surface area contributed by atoms with Crippen molar-refractivity contribution in [1.82, 2.24) is 0 Å². The molecule has 4 aromatic rings. The predicted molar refractivity (Wildman–Crippen MR) is 223 cm³/mol. The second-order valence-corrected chi connectivity index (χ2v) is 48.5. The summed E-state index contributed by atoms with van der Waals surface area (Å²) in [4.78, 5) is 0. The van der Waals surface area contributed by atoms with Crippen molar-refractivity contribution < 1.29 is 17.4 Å². The smallest absolute Gasteiger partial charge is 0.147 e. The molecule has 0 aliphatic heterocycles. The Kier molecular flexibility index (Phi) is 11.0. The summed E-state index contributed by atoms with van der Waals surface area (Å²) in [6.45, 7) is 25.7. The van der Waals surface area contributed by atoms with E-state index >= 15 is 0 Å². The Balaban J connectivity index is 0.00000270. The molecule has 0 amide bonds. The van der Waals surface area contributed by atoms with Crippen molar-refractivity contribution in [3.8, 4) is 22.3 Å². The quantitative estimate of drug-likeness (QED) is 0.177. The van der Waals surface area contributed by atoms with E-state index < -0.39 is 17.4 Å². The van der Waals surface area contributed by atoms with Crippen LogP contribution in [0, 0.1) is 13.8 Å². The molecular formula is C45H58Cl2SiZr. The van der Waals surface area contributed by atoms with E-state index in [9.17, 15) is 0 Å². The van der Waals surface area contributed by atoms with Crippen LogP contribution >= 0.6 is 24.8 Å². The Morgan fingerprint density at radius 2 is 0.980 bits per heavy atom. The average molecular weight is 789 g/mol. The summed E-state index contributed by atoms with van der Waals surface area (Å²) in [5.74, 6) is 0. The fourth-order valence-corrected chi connectivity index (χ4v) is 29.8. The van der Waals surface area contributed by atoms with Gasteiger partial charge in [-0.05, 0) is 0 Å². The Bertz CT molecular complexity index is 2020. The summed E-state index contributed by atoms with van der Waals surface area (Å²) < 4.78 is 6.59. The molecule has 2 unspecified atom stereocenters. The van der Waals surface area contributed by atoms with Gasteiger partial charge in [0.25, 0.3) is 0 Å². The van der Waals surface area contributed by atoms with Gasteiger partial charge in [0.05, 0.1) is 0 Å². The molecule has 0 saturated carbocycles. The first-order valence-electron chi connectivity index (χ1n) is 17.8. The Labute approximate surface area is 312 Å². The molecule has 4 heteroatoms. The van der Waals surface area contributed by atoms with E-state index in [1.807, 2.05) is 0 Å². The summed E-state index contributed by atoms with van der Waals surface area (Å²) >= 11 is -3.68. The van der Waals surface area contributed by atoms with Crippen molar-refractivity contribution >= 4 is 43.8 Å². The first kappa shape index (κ1) is 39.8. The molecule has 0 saturated heterocycles.